The number of hydrogen-bond donors (Lipinski definition) is 2. The van der Waals surface area contributed by atoms with Crippen LogP contribution < -0.4 is 11.1 Å². The van der Waals surface area contributed by atoms with E-state index >= 15 is 0 Å². The zero-order valence-electron chi connectivity index (χ0n) is 10.7. The van der Waals surface area contributed by atoms with Crippen molar-refractivity contribution in [3.8, 4) is 0 Å². The first kappa shape index (κ1) is 13.2. The standard InChI is InChI=1S/C14H24N2/c1-11(2)14(10-15)16-9-8-13-6-4-12(3)5-7-13/h4-7,11,14,16H,8-10,15H2,1-3H3. The van der Waals surface area contributed by atoms with Gasteiger partial charge in [-0.3, -0.25) is 0 Å². The monoisotopic (exact) mass is 220 g/mol. The Kier molecular flexibility index (Phi) is 5.50. The molecule has 1 aromatic carbocycles. The maximum absolute atomic E-state index is 5.71. The second-order valence-electron chi connectivity index (χ2n) is 4.78. The van der Waals surface area contributed by atoms with E-state index in [2.05, 4.69) is 50.4 Å². The first-order chi connectivity index (χ1) is 7.63. The molecule has 0 aliphatic heterocycles. The molecule has 0 aromatic heterocycles. The molecule has 0 spiro atoms. The molecule has 1 aromatic rings. The van der Waals surface area contributed by atoms with Crippen LogP contribution in [0.3, 0.4) is 0 Å². The summed E-state index contributed by atoms with van der Waals surface area (Å²) in [7, 11) is 0. The second kappa shape index (κ2) is 6.66. The Morgan fingerprint density at radius 2 is 1.81 bits per heavy atom. The number of benzene rings is 1. The molecule has 0 radical (unpaired) electrons. The summed E-state index contributed by atoms with van der Waals surface area (Å²) in [5.74, 6) is 0.600. The molecule has 3 N–H and O–H groups in total. The fourth-order valence-corrected chi connectivity index (χ4v) is 1.75. The molecule has 0 aliphatic rings. The first-order valence-electron chi connectivity index (χ1n) is 6.12. The van der Waals surface area contributed by atoms with Crippen molar-refractivity contribution in [3.63, 3.8) is 0 Å². The highest BCUT2D eigenvalue weighted by molar-refractivity contribution is 5.21. The molecule has 0 heterocycles. The Labute approximate surface area is 99.2 Å². The summed E-state index contributed by atoms with van der Waals surface area (Å²) >= 11 is 0. The fraction of sp³-hybridized carbons (Fsp3) is 0.571. The molecule has 0 bridgehead atoms. The van der Waals surface area contributed by atoms with Gasteiger partial charge in [-0.1, -0.05) is 43.7 Å². The van der Waals surface area contributed by atoms with Gasteiger partial charge in [0.25, 0.3) is 0 Å². The van der Waals surface area contributed by atoms with E-state index < -0.39 is 0 Å². The average Bonchev–Trinajstić information content (AvgIpc) is 2.26. The Bertz CT molecular complexity index is 290. The predicted molar refractivity (Wildman–Crippen MR) is 70.6 cm³/mol. The molecule has 1 unspecified atom stereocenters. The van der Waals surface area contributed by atoms with Crippen molar-refractivity contribution in [2.24, 2.45) is 11.7 Å². The zero-order valence-corrected chi connectivity index (χ0v) is 10.7. The van der Waals surface area contributed by atoms with Crippen molar-refractivity contribution < 1.29 is 0 Å². The third kappa shape index (κ3) is 4.33. The highest BCUT2D eigenvalue weighted by Gasteiger charge is 2.09. The quantitative estimate of drug-likeness (QED) is 0.770. The summed E-state index contributed by atoms with van der Waals surface area (Å²) in [6.07, 6.45) is 1.07. The lowest BCUT2D eigenvalue weighted by molar-refractivity contribution is 0.409. The molecule has 0 saturated carbocycles. The predicted octanol–water partition coefficient (Wildman–Crippen LogP) is 2.11. The topological polar surface area (TPSA) is 38.0 Å². The lowest BCUT2D eigenvalue weighted by Crippen LogP contribution is -2.41. The van der Waals surface area contributed by atoms with E-state index in [1.807, 2.05) is 0 Å². The number of hydrogen-bond acceptors (Lipinski definition) is 2. The van der Waals surface area contributed by atoms with Gasteiger partial charge in [0.2, 0.25) is 0 Å². The Balaban J connectivity index is 2.32. The van der Waals surface area contributed by atoms with Crippen molar-refractivity contribution in [3.05, 3.63) is 35.4 Å². The van der Waals surface area contributed by atoms with E-state index in [4.69, 9.17) is 5.73 Å². The maximum atomic E-state index is 5.71. The largest absolute Gasteiger partial charge is 0.329 e. The molecule has 16 heavy (non-hydrogen) atoms. The number of nitrogens with two attached hydrogens (primary N) is 1. The van der Waals surface area contributed by atoms with Crippen LogP contribution in [0.25, 0.3) is 0 Å². The average molecular weight is 220 g/mol. The van der Waals surface area contributed by atoms with Crippen LogP contribution in [-0.2, 0) is 6.42 Å². The van der Waals surface area contributed by atoms with E-state index in [0.29, 0.717) is 18.5 Å². The smallest absolute Gasteiger partial charge is 0.0213 e. The van der Waals surface area contributed by atoms with Crippen LogP contribution in [0, 0.1) is 12.8 Å². The zero-order chi connectivity index (χ0) is 12.0. The van der Waals surface area contributed by atoms with Gasteiger partial charge in [-0.05, 0) is 31.4 Å². The SMILES string of the molecule is Cc1ccc(CCNC(CN)C(C)C)cc1. The Morgan fingerprint density at radius 1 is 1.19 bits per heavy atom. The minimum atomic E-state index is 0.436. The van der Waals surface area contributed by atoms with Crippen molar-refractivity contribution >= 4 is 0 Å². The second-order valence-corrected chi connectivity index (χ2v) is 4.78. The molecule has 0 aliphatic carbocycles. The van der Waals surface area contributed by atoms with Crippen LogP contribution in [0.4, 0.5) is 0 Å². The van der Waals surface area contributed by atoms with Gasteiger partial charge in [-0.2, -0.15) is 0 Å². The van der Waals surface area contributed by atoms with Crippen molar-refractivity contribution in [2.45, 2.75) is 33.2 Å². The van der Waals surface area contributed by atoms with Crippen LogP contribution in [0.1, 0.15) is 25.0 Å². The van der Waals surface area contributed by atoms with Crippen LogP contribution in [0.15, 0.2) is 24.3 Å². The van der Waals surface area contributed by atoms with Crippen LogP contribution >= 0.6 is 0 Å². The summed E-state index contributed by atoms with van der Waals surface area (Å²) in [5.41, 5.74) is 8.42. The summed E-state index contributed by atoms with van der Waals surface area (Å²) in [4.78, 5) is 0. The van der Waals surface area contributed by atoms with E-state index in [0.717, 1.165) is 13.0 Å². The van der Waals surface area contributed by atoms with Crippen molar-refractivity contribution in [1.82, 2.24) is 5.32 Å². The third-order valence-electron chi connectivity index (χ3n) is 3.00. The maximum Gasteiger partial charge on any atom is 0.0213 e. The Hall–Kier alpha value is -0.860. The minimum Gasteiger partial charge on any atom is -0.329 e. The number of rotatable bonds is 6. The number of aryl methyl sites for hydroxylation is 1. The summed E-state index contributed by atoms with van der Waals surface area (Å²) < 4.78 is 0. The summed E-state index contributed by atoms with van der Waals surface area (Å²) in [5, 5.41) is 3.51. The lowest BCUT2D eigenvalue weighted by Gasteiger charge is -2.20. The van der Waals surface area contributed by atoms with E-state index in [-0.39, 0.29) is 0 Å². The van der Waals surface area contributed by atoms with Crippen molar-refractivity contribution in [2.75, 3.05) is 13.1 Å². The summed E-state index contributed by atoms with van der Waals surface area (Å²) in [6.45, 7) is 8.24. The van der Waals surface area contributed by atoms with Crippen LogP contribution in [0.5, 0.6) is 0 Å². The minimum absolute atomic E-state index is 0.436. The van der Waals surface area contributed by atoms with Gasteiger partial charge < -0.3 is 11.1 Å². The third-order valence-corrected chi connectivity index (χ3v) is 3.00. The normalized spacial score (nSPS) is 13.1. The summed E-state index contributed by atoms with van der Waals surface area (Å²) in [6, 6.07) is 9.16. The Morgan fingerprint density at radius 3 is 2.31 bits per heavy atom. The molecular formula is C14H24N2. The van der Waals surface area contributed by atoms with Gasteiger partial charge in [0, 0.05) is 12.6 Å². The van der Waals surface area contributed by atoms with E-state index in [9.17, 15) is 0 Å². The molecule has 2 heteroatoms. The van der Waals surface area contributed by atoms with Gasteiger partial charge in [0.1, 0.15) is 0 Å². The molecule has 0 amide bonds. The highest BCUT2D eigenvalue weighted by Crippen LogP contribution is 2.04. The molecule has 2 nitrogen and oxygen atoms in total. The lowest BCUT2D eigenvalue weighted by atomic mass is 10.0. The molecule has 0 fully saturated rings. The molecule has 1 rings (SSSR count). The van der Waals surface area contributed by atoms with Gasteiger partial charge in [-0.25, -0.2) is 0 Å². The first-order valence-corrected chi connectivity index (χ1v) is 6.12. The van der Waals surface area contributed by atoms with Crippen LogP contribution in [0.2, 0.25) is 0 Å². The van der Waals surface area contributed by atoms with E-state index in [1.54, 1.807) is 0 Å². The molecule has 90 valence electrons. The molecular weight excluding hydrogens is 196 g/mol. The van der Waals surface area contributed by atoms with Gasteiger partial charge in [0.15, 0.2) is 0 Å². The van der Waals surface area contributed by atoms with E-state index in [1.165, 1.54) is 11.1 Å². The van der Waals surface area contributed by atoms with Crippen LogP contribution in [-0.4, -0.2) is 19.1 Å². The van der Waals surface area contributed by atoms with Gasteiger partial charge >= 0.3 is 0 Å². The van der Waals surface area contributed by atoms with Gasteiger partial charge in [-0.15, -0.1) is 0 Å². The highest BCUT2D eigenvalue weighted by atomic mass is 14.9. The number of nitrogens with one attached hydrogen (secondary N) is 1. The molecule has 0 saturated heterocycles. The fourth-order valence-electron chi connectivity index (χ4n) is 1.75. The van der Waals surface area contributed by atoms with Crippen molar-refractivity contribution in [1.29, 1.82) is 0 Å². The van der Waals surface area contributed by atoms with Gasteiger partial charge in [0.05, 0.1) is 0 Å². The molecule has 1 atom stereocenters.